The largest absolute Gasteiger partial charge is 0.328 e. The predicted molar refractivity (Wildman–Crippen MR) is 72.5 cm³/mol. The van der Waals surface area contributed by atoms with Crippen molar-refractivity contribution >= 4 is 34.2 Å². The Bertz CT molecular complexity index is 754. The van der Waals surface area contributed by atoms with Gasteiger partial charge in [0.25, 0.3) is 0 Å². The maximum Gasteiger partial charge on any atom is 0.197 e. The van der Waals surface area contributed by atoms with Gasteiger partial charge in [0.05, 0.1) is 22.7 Å². The van der Waals surface area contributed by atoms with Gasteiger partial charge in [-0.25, -0.2) is 4.68 Å². The molecule has 0 saturated carbocycles. The van der Waals surface area contributed by atoms with E-state index in [2.05, 4.69) is 16.0 Å². The lowest BCUT2D eigenvalue weighted by molar-refractivity contribution is 0.744. The number of nitrogens with one attached hydrogen (secondary N) is 1. The molecule has 4 nitrogen and oxygen atoms in total. The summed E-state index contributed by atoms with van der Waals surface area (Å²) >= 11 is 5.33. The van der Waals surface area contributed by atoms with Crippen molar-refractivity contribution in [2.24, 2.45) is 0 Å². The Hall–Kier alpha value is -1.88. The third kappa shape index (κ3) is 1.43. The number of aromatic nitrogens is 3. The molecular weight excluding hydrogens is 232 g/mol. The monoisotopic (exact) mass is 244 g/mol. The highest BCUT2D eigenvalue weighted by molar-refractivity contribution is 7.71. The van der Waals surface area contributed by atoms with E-state index in [4.69, 9.17) is 12.2 Å². The molecule has 0 amide bonds. The van der Waals surface area contributed by atoms with Crippen LogP contribution in [0.2, 0.25) is 0 Å². The van der Waals surface area contributed by atoms with E-state index in [1.54, 1.807) is 0 Å². The lowest BCUT2D eigenvalue weighted by Gasteiger charge is -2.15. The number of imidazole rings is 1. The molecule has 2 aromatic heterocycles. The smallest absolute Gasteiger partial charge is 0.197 e. The first-order valence-corrected chi connectivity index (χ1v) is 5.75. The van der Waals surface area contributed by atoms with E-state index in [9.17, 15) is 0 Å². The average Bonchev–Trinajstić information content (AvgIpc) is 2.65. The molecule has 5 heteroatoms. The summed E-state index contributed by atoms with van der Waals surface area (Å²) in [5.74, 6) is 0. The molecule has 2 heterocycles. The Kier molecular flexibility index (Phi) is 2.16. The van der Waals surface area contributed by atoms with E-state index in [1.807, 2.05) is 48.2 Å². The average molecular weight is 244 g/mol. The summed E-state index contributed by atoms with van der Waals surface area (Å²) in [7, 11) is 3.94. The molecule has 0 atom stereocenters. The predicted octanol–water partition coefficient (Wildman–Crippen LogP) is 2.44. The molecule has 3 aromatic rings. The SMILES string of the molecule is CN(C)n1c(=S)[nH]c2cnc3ccccc3c21. The van der Waals surface area contributed by atoms with Crippen LogP contribution in [-0.2, 0) is 0 Å². The fourth-order valence-electron chi connectivity index (χ4n) is 2.10. The van der Waals surface area contributed by atoms with Gasteiger partial charge in [0.15, 0.2) is 4.77 Å². The van der Waals surface area contributed by atoms with Crippen molar-refractivity contribution in [1.29, 1.82) is 0 Å². The highest BCUT2D eigenvalue weighted by Crippen LogP contribution is 2.22. The molecule has 0 radical (unpaired) electrons. The summed E-state index contributed by atoms with van der Waals surface area (Å²) in [5, 5.41) is 3.07. The minimum Gasteiger partial charge on any atom is -0.328 e. The molecular formula is C12H12N4S. The van der Waals surface area contributed by atoms with Crippen LogP contribution in [0.1, 0.15) is 0 Å². The van der Waals surface area contributed by atoms with Crippen LogP contribution < -0.4 is 5.01 Å². The van der Waals surface area contributed by atoms with E-state index in [0.29, 0.717) is 4.77 Å². The second-order valence-corrected chi connectivity index (χ2v) is 4.51. The summed E-state index contributed by atoms with van der Waals surface area (Å²) in [6.07, 6.45) is 1.83. The van der Waals surface area contributed by atoms with Gasteiger partial charge in [-0.15, -0.1) is 0 Å². The zero-order valence-electron chi connectivity index (χ0n) is 9.64. The van der Waals surface area contributed by atoms with E-state index in [-0.39, 0.29) is 0 Å². The van der Waals surface area contributed by atoms with Crippen LogP contribution in [0, 0.1) is 4.77 Å². The van der Waals surface area contributed by atoms with Crippen LogP contribution in [-0.4, -0.2) is 28.7 Å². The zero-order valence-corrected chi connectivity index (χ0v) is 10.5. The number of hydrogen-bond acceptors (Lipinski definition) is 3. The lowest BCUT2D eigenvalue weighted by Crippen LogP contribution is -2.24. The third-order valence-electron chi connectivity index (χ3n) is 2.79. The number of nitrogens with zero attached hydrogens (tertiary/aromatic N) is 3. The number of hydrogen-bond donors (Lipinski definition) is 1. The molecule has 0 aliphatic carbocycles. The number of rotatable bonds is 1. The minimum absolute atomic E-state index is 0.683. The second-order valence-electron chi connectivity index (χ2n) is 4.13. The second kappa shape index (κ2) is 3.56. The quantitative estimate of drug-likeness (QED) is 0.668. The molecule has 0 saturated heterocycles. The van der Waals surface area contributed by atoms with Gasteiger partial charge < -0.3 is 9.99 Å². The van der Waals surface area contributed by atoms with Crippen LogP contribution in [0.3, 0.4) is 0 Å². The number of pyridine rings is 1. The molecule has 86 valence electrons. The molecule has 0 bridgehead atoms. The van der Waals surface area contributed by atoms with E-state index in [1.165, 1.54) is 0 Å². The summed E-state index contributed by atoms with van der Waals surface area (Å²) in [6.45, 7) is 0. The van der Waals surface area contributed by atoms with Crippen LogP contribution in [0.4, 0.5) is 0 Å². The van der Waals surface area contributed by atoms with Crippen molar-refractivity contribution in [2.45, 2.75) is 0 Å². The summed E-state index contributed by atoms with van der Waals surface area (Å²) < 4.78 is 2.66. The van der Waals surface area contributed by atoms with Gasteiger partial charge in [-0.05, 0) is 18.3 Å². The number of H-pyrrole nitrogens is 1. The Morgan fingerprint density at radius 3 is 2.82 bits per heavy atom. The summed E-state index contributed by atoms with van der Waals surface area (Å²) in [4.78, 5) is 7.59. The van der Waals surface area contributed by atoms with Crippen molar-refractivity contribution in [2.75, 3.05) is 19.1 Å². The van der Waals surface area contributed by atoms with Crippen molar-refractivity contribution in [3.8, 4) is 0 Å². The first kappa shape index (κ1) is 10.3. The number of fused-ring (bicyclic) bond motifs is 3. The van der Waals surface area contributed by atoms with Crippen LogP contribution in [0.25, 0.3) is 21.9 Å². The molecule has 0 spiro atoms. The fourth-order valence-corrected chi connectivity index (χ4v) is 2.46. The maximum atomic E-state index is 5.33. The molecule has 0 aliphatic rings. The molecule has 3 rings (SSSR count). The number of benzene rings is 1. The Balaban J connectivity index is 2.60. The molecule has 0 aliphatic heterocycles. The normalized spacial score (nSPS) is 11.2. The highest BCUT2D eigenvalue weighted by atomic mass is 32.1. The number of aromatic amines is 1. The summed E-state index contributed by atoms with van der Waals surface area (Å²) in [6, 6.07) is 8.07. The Morgan fingerprint density at radius 2 is 2.06 bits per heavy atom. The highest BCUT2D eigenvalue weighted by Gasteiger charge is 2.09. The van der Waals surface area contributed by atoms with Gasteiger partial charge in [0.2, 0.25) is 0 Å². The fraction of sp³-hybridized carbons (Fsp3) is 0.167. The van der Waals surface area contributed by atoms with Gasteiger partial charge >= 0.3 is 0 Å². The van der Waals surface area contributed by atoms with Crippen molar-refractivity contribution in [1.82, 2.24) is 14.6 Å². The zero-order chi connectivity index (χ0) is 12.0. The van der Waals surface area contributed by atoms with E-state index in [0.717, 1.165) is 21.9 Å². The van der Waals surface area contributed by atoms with Gasteiger partial charge in [-0.1, -0.05) is 18.2 Å². The first-order chi connectivity index (χ1) is 8.18. The number of para-hydroxylation sites is 1. The van der Waals surface area contributed by atoms with Crippen molar-refractivity contribution in [3.63, 3.8) is 0 Å². The van der Waals surface area contributed by atoms with Gasteiger partial charge in [0, 0.05) is 19.5 Å². The Labute approximate surface area is 103 Å². The van der Waals surface area contributed by atoms with Gasteiger partial charge in [-0.3, -0.25) is 4.98 Å². The molecule has 0 unspecified atom stereocenters. The first-order valence-electron chi connectivity index (χ1n) is 5.34. The van der Waals surface area contributed by atoms with Crippen LogP contribution >= 0.6 is 12.2 Å². The maximum absolute atomic E-state index is 5.33. The van der Waals surface area contributed by atoms with Crippen molar-refractivity contribution in [3.05, 3.63) is 35.2 Å². The topological polar surface area (TPSA) is 36.9 Å². The summed E-state index contributed by atoms with van der Waals surface area (Å²) in [5.41, 5.74) is 3.01. The molecule has 1 N–H and O–H groups in total. The standard InChI is InChI=1S/C12H12N4S/c1-15(2)16-11-8-5-3-4-6-9(8)13-7-10(11)14-12(16)17/h3-7H,1-2H3,(H,14,17). The molecule has 0 fully saturated rings. The van der Waals surface area contributed by atoms with Crippen LogP contribution in [0.15, 0.2) is 30.5 Å². The third-order valence-corrected chi connectivity index (χ3v) is 3.07. The van der Waals surface area contributed by atoms with E-state index >= 15 is 0 Å². The minimum atomic E-state index is 0.683. The van der Waals surface area contributed by atoms with Crippen LogP contribution in [0.5, 0.6) is 0 Å². The Morgan fingerprint density at radius 1 is 1.29 bits per heavy atom. The lowest BCUT2D eigenvalue weighted by atomic mass is 10.2. The van der Waals surface area contributed by atoms with Gasteiger partial charge in [0.1, 0.15) is 0 Å². The van der Waals surface area contributed by atoms with E-state index < -0.39 is 0 Å². The van der Waals surface area contributed by atoms with Gasteiger partial charge in [-0.2, -0.15) is 0 Å². The molecule has 17 heavy (non-hydrogen) atoms. The van der Waals surface area contributed by atoms with Crippen molar-refractivity contribution < 1.29 is 0 Å². The molecule has 1 aromatic carbocycles.